The summed E-state index contributed by atoms with van der Waals surface area (Å²) in [6.45, 7) is 2.37. The van der Waals surface area contributed by atoms with Gasteiger partial charge in [0.05, 0.1) is 12.2 Å². The molecule has 198 valence electrons. The van der Waals surface area contributed by atoms with Gasteiger partial charge in [0.15, 0.2) is 0 Å². The average molecular weight is 501 g/mol. The molecule has 3 nitrogen and oxygen atoms in total. The molecule has 0 aromatic heterocycles. The minimum absolute atomic E-state index is 0.152. The number of carbonyl (C=O) groups excluding carboxylic acids is 1. The molecule has 2 aromatic carbocycles. The monoisotopic (exact) mass is 500 g/mol. The van der Waals surface area contributed by atoms with E-state index in [0.717, 1.165) is 18.9 Å². The van der Waals surface area contributed by atoms with E-state index in [0.29, 0.717) is 18.1 Å². The number of benzene rings is 2. The quantitative estimate of drug-likeness (QED) is 0.139. The molecule has 1 atom stereocenters. The number of ether oxygens (including phenoxy) is 2. The van der Waals surface area contributed by atoms with Crippen molar-refractivity contribution in [3.8, 4) is 11.5 Å². The Balaban J connectivity index is 1.38. The summed E-state index contributed by atoms with van der Waals surface area (Å²) in [6.07, 6.45) is 14.3. The summed E-state index contributed by atoms with van der Waals surface area (Å²) in [6, 6.07) is 11.6. The summed E-state index contributed by atoms with van der Waals surface area (Å²) in [5.41, 5.74) is 1.11. The van der Waals surface area contributed by atoms with Crippen LogP contribution in [0.15, 0.2) is 42.5 Å². The number of hydrogen-bond donors (Lipinski definition) is 0. The SMILES string of the molecule is CCCCCCCCCC(F)CCOc1ccc(C(=O)Oc2ccc(C3CCCCC3)cc2)c(F)c1. The lowest BCUT2D eigenvalue weighted by Gasteiger charge is -2.22. The summed E-state index contributed by atoms with van der Waals surface area (Å²) >= 11 is 0. The predicted molar refractivity (Wildman–Crippen MR) is 141 cm³/mol. The highest BCUT2D eigenvalue weighted by atomic mass is 19.1. The fraction of sp³-hybridized carbons (Fsp3) is 0.581. The third-order valence-electron chi connectivity index (χ3n) is 7.15. The van der Waals surface area contributed by atoms with Crippen molar-refractivity contribution < 1.29 is 23.0 Å². The Labute approximate surface area is 215 Å². The molecule has 3 rings (SSSR count). The van der Waals surface area contributed by atoms with E-state index < -0.39 is 18.0 Å². The van der Waals surface area contributed by atoms with E-state index in [-0.39, 0.29) is 24.3 Å². The third kappa shape index (κ3) is 9.55. The second-order valence-corrected chi connectivity index (χ2v) is 10.1. The van der Waals surface area contributed by atoms with Crippen LogP contribution in [0.4, 0.5) is 8.78 Å². The standard InChI is InChI=1S/C31H42F2O3/c1-2-3-4-5-6-7-11-14-26(32)21-22-35-28-19-20-29(30(33)23-28)31(34)36-27-17-15-25(16-18-27)24-12-9-8-10-13-24/h15-20,23-24,26H,2-14,21-22H2,1H3. The molecule has 0 aliphatic heterocycles. The Kier molecular flexibility index (Phi) is 12.2. The van der Waals surface area contributed by atoms with Gasteiger partial charge in [0.2, 0.25) is 0 Å². The van der Waals surface area contributed by atoms with Crippen molar-refractivity contribution in [3.05, 3.63) is 59.4 Å². The Bertz CT molecular complexity index is 907. The molecule has 0 radical (unpaired) electrons. The van der Waals surface area contributed by atoms with Crippen molar-refractivity contribution in [2.45, 2.75) is 109 Å². The van der Waals surface area contributed by atoms with Crippen LogP contribution in [0.5, 0.6) is 11.5 Å². The first-order valence-electron chi connectivity index (χ1n) is 14.0. The zero-order valence-corrected chi connectivity index (χ0v) is 21.8. The van der Waals surface area contributed by atoms with E-state index in [1.165, 1.54) is 81.9 Å². The summed E-state index contributed by atoms with van der Waals surface area (Å²) in [7, 11) is 0. The minimum Gasteiger partial charge on any atom is -0.493 e. The Hall–Kier alpha value is -2.43. The van der Waals surface area contributed by atoms with Crippen LogP contribution in [-0.2, 0) is 0 Å². The molecule has 0 N–H and O–H groups in total. The highest BCUT2D eigenvalue weighted by molar-refractivity contribution is 5.91. The number of esters is 1. The van der Waals surface area contributed by atoms with Gasteiger partial charge < -0.3 is 9.47 Å². The highest BCUT2D eigenvalue weighted by Crippen LogP contribution is 2.33. The summed E-state index contributed by atoms with van der Waals surface area (Å²) < 4.78 is 39.6. The van der Waals surface area contributed by atoms with Gasteiger partial charge in [0.1, 0.15) is 23.5 Å². The maximum atomic E-state index is 14.6. The number of halogens is 2. The minimum atomic E-state index is -0.913. The van der Waals surface area contributed by atoms with E-state index in [1.54, 1.807) is 12.1 Å². The molecule has 36 heavy (non-hydrogen) atoms. The number of unbranched alkanes of at least 4 members (excludes halogenated alkanes) is 6. The summed E-state index contributed by atoms with van der Waals surface area (Å²) in [5.74, 6) is -0.209. The van der Waals surface area contributed by atoms with Crippen molar-refractivity contribution in [2.75, 3.05) is 6.61 Å². The van der Waals surface area contributed by atoms with Crippen LogP contribution in [0.1, 0.15) is 119 Å². The van der Waals surface area contributed by atoms with E-state index >= 15 is 0 Å². The molecular formula is C31H42F2O3. The van der Waals surface area contributed by atoms with Crippen LogP contribution >= 0.6 is 0 Å². The molecule has 1 fully saturated rings. The Morgan fingerprint density at radius 1 is 0.889 bits per heavy atom. The molecule has 2 aromatic rings. The van der Waals surface area contributed by atoms with E-state index in [1.807, 2.05) is 12.1 Å². The Morgan fingerprint density at radius 2 is 1.56 bits per heavy atom. The predicted octanol–water partition coefficient (Wildman–Crippen LogP) is 9.34. The zero-order chi connectivity index (χ0) is 25.6. The van der Waals surface area contributed by atoms with E-state index in [9.17, 15) is 13.6 Å². The largest absolute Gasteiger partial charge is 0.493 e. The van der Waals surface area contributed by atoms with Gasteiger partial charge in [0.25, 0.3) is 0 Å². The van der Waals surface area contributed by atoms with Crippen LogP contribution < -0.4 is 9.47 Å². The van der Waals surface area contributed by atoms with E-state index in [2.05, 4.69) is 6.92 Å². The van der Waals surface area contributed by atoms with Gasteiger partial charge in [0, 0.05) is 12.5 Å². The molecule has 5 heteroatoms. The molecule has 1 unspecified atom stereocenters. The summed E-state index contributed by atoms with van der Waals surface area (Å²) in [4.78, 5) is 12.5. The Morgan fingerprint density at radius 3 is 2.25 bits per heavy atom. The highest BCUT2D eigenvalue weighted by Gasteiger charge is 2.18. The zero-order valence-electron chi connectivity index (χ0n) is 21.8. The first kappa shape index (κ1) is 28.1. The maximum Gasteiger partial charge on any atom is 0.346 e. The topological polar surface area (TPSA) is 35.5 Å². The molecule has 1 aliphatic carbocycles. The lowest BCUT2D eigenvalue weighted by Crippen LogP contribution is -2.12. The lowest BCUT2D eigenvalue weighted by atomic mass is 9.84. The van der Waals surface area contributed by atoms with Gasteiger partial charge >= 0.3 is 5.97 Å². The second-order valence-electron chi connectivity index (χ2n) is 10.1. The molecular weight excluding hydrogens is 458 g/mol. The fourth-order valence-electron chi connectivity index (χ4n) is 4.93. The molecule has 1 saturated carbocycles. The number of hydrogen-bond acceptors (Lipinski definition) is 3. The normalized spacial score (nSPS) is 15.0. The second kappa shape index (κ2) is 15.6. The molecule has 1 aliphatic rings. The van der Waals surface area contributed by atoms with Crippen molar-refractivity contribution in [3.63, 3.8) is 0 Å². The van der Waals surface area contributed by atoms with Crippen molar-refractivity contribution >= 4 is 5.97 Å². The van der Waals surface area contributed by atoms with Crippen molar-refractivity contribution in [1.29, 1.82) is 0 Å². The summed E-state index contributed by atoms with van der Waals surface area (Å²) in [5, 5.41) is 0. The molecule has 0 amide bonds. The fourth-order valence-corrected chi connectivity index (χ4v) is 4.93. The van der Waals surface area contributed by atoms with Gasteiger partial charge in [-0.1, -0.05) is 83.3 Å². The van der Waals surface area contributed by atoms with Crippen molar-refractivity contribution in [2.24, 2.45) is 0 Å². The number of carbonyl (C=O) groups is 1. The average Bonchev–Trinajstić information content (AvgIpc) is 2.89. The van der Waals surface area contributed by atoms with Crippen LogP contribution in [-0.4, -0.2) is 18.7 Å². The number of rotatable bonds is 15. The lowest BCUT2D eigenvalue weighted by molar-refractivity contribution is 0.0730. The van der Waals surface area contributed by atoms with Gasteiger partial charge in [-0.15, -0.1) is 0 Å². The smallest absolute Gasteiger partial charge is 0.346 e. The van der Waals surface area contributed by atoms with Crippen LogP contribution in [0.3, 0.4) is 0 Å². The van der Waals surface area contributed by atoms with E-state index in [4.69, 9.17) is 9.47 Å². The van der Waals surface area contributed by atoms with Gasteiger partial charge in [-0.2, -0.15) is 0 Å². The molecule has 0 spiro atoms. The number of alkyl halides is 1. The van der Waals surface area contributed by atoms with Gasteiger partial charge in [-0.3, -0.25) is 0 Å². The molecule has 0 bridgehead atoms. The van der Waals surface area contributed by atoms with Crippen LogP contribution in [0.2, 0.25) is 0 Å². The third-order valence-corrected chi connectivity index (χ3v) is 7.15. The maximum absolute atomic E-state index is 14.6. The van der Waals surface area contributed by atoms with Crippen LogP contribution in [0.25, 0.3) is 0 Å². The first-order chi connectivity index (χ1) is 17.6. The van der Waals surface area contributed by atoms with Gasteiger partial charge in [-0.25, -0.2) is 13.6 Å². The molecule has 0 saturated heterocycles. The van der Waals surface area contributed by atoms with Crippen molar-refractivity contribution in [1.82, 2.24) is 0 Å². The first-order valence-corrected chi connectivity index (χ1v) is 14.0. The molecule has 0 heterocycles. The van der Waals surface area contributed by atoms with Gasteiger partial charge in [-0.05, 0) is 55.0 Å². The van der Waals surface area contributed by atoms with Crippen LogP contribution in [0, 0.1) is 5.82 Å².